The van der Waals surface area contributed by atoms with E-state index in [1.807, 2.05) is 12.1 Å². The predicted octanol–water partition coefficient (Wildman–Crippen LogP) is 4.79. The number of rotatable bonds is 10. The van der Waals surface area contributed by atoms with E-state index in [2.05, 4.69) is 75.9 Å². The van der Waals surface area contributed by atoms with Crippen molar-refractivity contribution in [2.45, 2.75) is 52.7 Å². The van der Waals surface area contributed by atoms with Crippen molar-refractivity contribution in [3.63, 3.8) is 0 Å². The maximum atomic E-state index is 13.5. The van der Waals surface area contributed by atoms with Crippen molar-refractivity contribution in [3.8, 4) is 17.6 Å². The fraction of sp³-hybridized carbons (Fsp3) is 0.513. The van der Waals surface area contributed by atoms with Crippen LogP contribution in [0.1, 0.15) is 66.9 Å². The predicted molar refractivity (Wildman–Crippen MR) is 194 cm³/mol. The van der Waals surface area contributed by atoms with Crippen LogP contribution in [0.25, 0.3) is 0 Å². The van der Waals surface area contributed by atoms with Gasteiger partial charge in [0.05, 0.1) is 32.2 Å². The third kappa shape index (κ3) is 7.45. The van der Waals surface area contributed by atoms with E-state index in [0.717, 1.165) is 70.2 Å². The summed E-state index contributed by atoms with van der Waals surface area (Å²) in [5.41, 5.74) is 1.81. The lowest BCUT2D eigenvalue weighted by atomic mass is 9.49. The number of benzene rings is 2. The van der Waals surface area contributed by atoms with Crippen molar-refractivity contribution in [2.75, 3.05) is 69.8 Å². The number of nitrogens with zero attached hydrogens (tertiary/aromatic N) is 6. The molecule has 2 aliphatic heterocycles. The number of nitriles is 1. The summed E-state index contributed by atoms with van der Waals surface area (Å²) >= 11 is 0. The highest BCUT2D eigenvalue weighted by Crippen LogP contribution is 2.55. The molecule has 0 atom stereocenters. The first-order chi connectivity index (χ1) is 24.4. The number of amides is 1. The Labute approximate surface area is 300 Å². The molecule has 1 aromatic heterocycles. The molecule has 3 aliphatic rings. The lowest BCUT2D eigenvalue weighted by Crippen LogP contribution is -2.74. The quantitative estimate of drug-likeness (QED) is 0.294. The molecule has 0 spiro atoms. The molecule has 12 nitrogen and oxygen atoms in total. The number of esters is 1. The van der Waals surface area contributed by atoms with Crippen molar-refractivity contribution in [2.24, 2.45) is 16.7 Å². The summed E-state index contributed by atoms with van der Waals surface area (Å²) in [6.45, 7) is 15.2. The number of carbonyl (C=O) groups excluding carboxylic acids is 2. The van der Waals surface area contributed by atoms with Gasteiger partial charge in [-0.1, -0.05) is 27.7 Å². The molecule has 51 heavy (non-hydrogen) atoms. The van der Waals surface area contributed by atoms with Crippen LogP contribution in [-0.4, -0.2) is 98.9 Å². The van der Waals surface area contributed by atoms with E-state index in [-0.39, 0.29) is 34.6 Å². The van der Waals surface area contributed by atoms with Gasteiger partial charge in [0.2, 0.25) is 0 Å². The Morgan fingerprint density at radius 2 is 1.59 bits per heavy atom. The van der Waals surface area contributed by atoms with E-state index >= 15 is 0 Å². The number of piperidine rings is 1. The zero-order chi connectivity index (χ0) is 36.3. The van der Waals surface area contributed by atoms with E-state index in [4.69, 9.17) is 14.2 Å². The molecule has 2 aromatic carbocycles. The van der Waals surface area contributed by atoms with Crippen molar-refractivity contribution in [1.82, 2.24) is 20.2 Å². The SMILES string of the molecule is COC(=O)c1cnc(N2CCN(CC3CCN(c4ccc(C(=O)N[C@H]5C(C)(C)[C@H](Oc6ccc(C#N)c(OC)c6)C5(C)C)cc4)CC3)CC2)cn1. The first-order valence-corrected chi connectivity index (χ1v) is 17.7. The van der Waals surface area contributed by atoms with Crippen molar-refractivity contribution >= 4 is 23.4 Å². The van der Waals surface area contributed by atoms with E-state index in [1.54, 1.807) is 31.5 Å². The summed E-state index contributed by atoms with van der Waals surface area (Å²) in [6, 6.07) is 15.3. The molecule has 3 aromatic rings. The molecule has 1 saturated carbocycles. The summed E-state index contributed by atoms with van der Waals surface area (Å²) < 4.78 is 16.5. The highest BCUT2D eigenvalue weighted by molar-refractivity contribution is 5.95. The average Bonchev–Trinajstić information content (AvgIpc) is 3.16. The standard InChI is InChI=1S/C39H49N7O5/c1-38(2)36(39(3,4)37(38)51-30-12-9-28(22-40)32(21-30)49-5)43-34(47)27-7-10-29(11-8-27)45-15-13-26(14-16-45)25-44-17-19-46(20-18-44)33-24-41-31(23-42-33)35(48)50-6/h7-12,21,23-24,26,36-37H,13-20,25H2,1-6H3,(H,43,47)/t36-,37-. The van der Waals surface area contributed by atoms with Crippen LogP contribution in [0, 0.1) is 28.1 Å². The van der Waals surface area contributed by atoms with E-state index in [9.17, 15) is 14.9 Å². The van der Waals surface area contributed by atoms with Gasteiger partial charge in [0.15, 0.2) is 5.69 Å². The Bertz CT molecular complexity index is 1720. The molecule has 3 heterocycles. The Morgan fingerprint density at radius 1 is 0.902 bits per heavy atom. The molecule has 1 amide bonds. The Hall–Kier alpha value is -4.89. The molecular formula is C39H49N7O5. The van der Waals surface area contributed by atoms with Crippen LogP contribution in [0.15, 0.2) is 54.9 Å². The molecule has 0 bridgehead atoms. The zero-order valence-electron chi connectivity index (χ0n) is 30.5. The number of nitrogens with one attached hydrogen (secondary N) is 1. The molecule has 1 N–H and O–H groups in total. The second kappa shape index (κ2) is 14.8. The topological polar surface area (TPSA) is 133 Å². The molecule has 0 unspecified atom stereocenters. The van der Waals surface area contributed by atoms with E-state index in [1.165, 1.54) is 13.3 Å². The molecular weight excluding hydrogens is 646 g/mol. The number of anilines is 2. The number of hydrogen-bond acceptors (Lipinski definition) is 11. The molecule has 3 fully saturated rings. The Kier molecular flexibility index (Phi) is 10.4. The third-order valence-corrected chi connectivity index (χ3v) is 11.0. The van der Waals surface area contributed by atoms with Gasteiger partial charge in [0, 0.05) is 80.0 Å². The third-order valence-electron chi connectivity index (χ3n) is 11.0. The van der Waals surface area contributed by atoms with Crippen LogP contribution in [0.3, 0.4) is 0 Å². The molecule has 1 aliphatic carbocycles. The number of carbonyl (C=O) groups is 2. The van der Waals surface area contributed by atoms with Gasteiger partial charge in [0.25, 0.3) is 5.91 Å². The lowest BCUT2D eigenvalue weighted by Gasteiger charge is -2.63. The minimum atomic E-state index is -0.479. The van der Waals surface area contributed by atoms with Gasteiger partial charge in [-0.2, -0.15) is 5.26 Å². The molecule has 6 rings (SSSR count). The van der Waals surface area contributed by atoms with E-state index in [0.29, 0.717) is 28.5 Å². The molecule has 270 valence electrons. The number of hydrogen-bond donors (Lipinski definition) is 1. The van der Waals surface area contributed by atoms with E-state index < -0.39 is 5.97 Å². The highest BCUT2D eigenvalue weighted by Gasteiger charge is 2.64. The van der Waals surface area contributed by atoms with Crippen LogP contribution in [-0.2, 0) is 4.74 Å². The van der Waals surface area contributed by atoms with Gasteiger partial charge in [-0.05, 0) is 55.2 Å². The number of piperazine rings is 1. The number of ether oxygens (including phenoxy) is 3. The fourth-order valence-electron chi connectivity index (χ4n) is 8.40. The average molecular weight is 696 g/mol. The van der Waals surface area contributed by atoms with Gasteiger partial charge in [0.1, 0.15) is 29.5 Å². The van der Waals surface area contributed by atoms with Crippen LogP contribution in [0.4, 0.5) is 11.5 Å². The maximum absolute atomic E-state index is 13.5. The number of methoxy groups -OCH3 is 2. The van der Waals surface area contributed by atoms with Crippen molar-refractivity contribution in [3.05, 3.63) is 71.7 Å². The summed E-state index contributed by atoms with van der Waals surface area (Å²) in [6.07, 6.45) is 5.23. The van der Waals surface area contributed by atoms with Gasteiger partial charge in [-0.15, -0.1) is 0 Å². The molecule has 0 radical (unpaired) electrons. The molecule has 2 saturated heterocycles. The van der Waals surface area contributed by atoms with Crippen LogP contribution in [0.2, 0.25) is 0 Å². The largest absolute Gasteiger partial charge is 0.495 e. The first-order valence-electron chi connectivity index (χ1n) is 17.7. The summed E-state index contributed by atoms with van der Waals surface area (Å²) in [5, 5.41) is 12.6. The summed E-state index contributed by atoms with van der Waals surface area (Å²) in [7, 11) is 2.88. The maximum Gasteiger partial charge on any atom is 0.358 e. The van der Waals surface area contributed by atoms with Crippen molar-refractivity contribution in [1.29, 1.82) is 5.26 Å². The monoisotopic (exact) mass is 695 g/mol. The Morgan fingerprint density at radius 3 is 2.18 bits per heavy atom. The first kappa shape index (κ1) is 35.9. The number of aromatic nitrogens is 2. The minimum Gasteiger partial charge on any atom is -0.495 e. The minimum absolute atomic E-state index is 0.0877. The summed E-state index contributed by atoms with van der Waals surface area (Å²) in [5.74, 6) is 1.99. The van der Waals surface area contributed by atoms with Crippen molar-refractivity contribution < 1.29 is 23.8 Å². The van der Waals surface area contributed by atoms with Gasteiger partial charge < -0.3 is 29.3 Å². The second-order valence-corrected chi connectivity index (χ2v) is 15.0. The van der Waals surface area contributed by atoms with Crippen LogP contribution in [0.5, 0.6) is 11.5 Å². The highest BCUT2D eigenvalue weighted by atomic mass is 16.5. The van der Waals surface area contributed by atoms with Gasteiger partial charge in [-0.3, -0.25) is 9.69 Å². The summed E-state index contributed by atoms with van der Waals surface area (Å²) in [4.78, 5) is 40.9. The van der Waals surface area contributed by atoms with Crippen LogP contribution >= 0.6 is 0 Å². The fourth-order valence-corrected chi connectivity index (χ4v) is 8.40. The lowest BCUT2D eigenvalue weighted by molar-refractivity contribution is -0.164. The second-order valence-electron chi connectivity index (χ2n) is 15.0. The van der Waals surface area contributed by atoms with Crippen LogP contribution < -0.4 is 24.6 Å². The Balaban J connectivity index is 0.957. The van der Waals surface area contributed by atoms with Gasteiger partial charge >= 0.3 is 5.97 Å². The smallest absolute Gasteiger partial charge is 0.358 e. The zero-order valence-corrected chi connectivity index (χ0v) is 30.5. The molecule has 12 heteroatoms. The van der Waals surface area contributed by atoms with Gasteiger partial charge in [-0.25, -0.2) is 14.8 Å². The normalized spacial score (nSPS) is 21.6.